The molecule has 0 fully saturated rings. The fraction of sp³-hybridized carbons (Fsp3) is 0.412. The number of esters is 1. The minimum atomic E-state index is -0.726. The highest BCUT2D eigenvalue weighted by Gasteiger charge is 2.19. The summed E-state index contributed by atoms with van der Waals surface area (Å²) in [6.07, 6.45) is 3.06. The molecule has 1 aromatic heterocycles. The molecule has 1 amide bonds. The Kier molecular flexibility index (Phi) is 5.20. The summed E-state index contributed by atoms with van der Waals surface area (Å²) in [5, 5.41) is 1.19. The molecular weight excluding hydrogens is 280 g/mol. The molecule has 0 bridgehead atoms. The van der Waals surface area contributed by atoms with E-state index in [2.05, 4.69) is 11.1 Å². The van der Waals surface area contributed by atoms with E-state index in [0.717, 1.165) is 11.9 Å². The predicted molar refractivity (Wildman–Crippen MR) is 85.5 cm³/mol. The highest BCUT2D eigenvalue weighted by molar-refractivity contribution is 5.84. The Labute approximate surface area is 130 Å². The maximum atomic E-state index is 11.8. The van der Waals surface area contributed by atoms with Crippen molar-refractivity contribution in [3.63, 3.8) is 0 Å². The number of hydrogen-bond donors (Lipinski definition) is 1. The van der Waals surface area contributed by atoms with Gasteiger partial charge in [0, 0.05) is 37.6 Å². The van der Waals surface area contributed by atoms with Crippen LogP contribution in [0.2, 0.25) is 0 Å². The van der Waals surface area contributed by atoms with E-state index < -0.39 is 6.10 Å². The quantitative estimate of drug-likeness (QED) is 0.834. The molecular formula is C17H22N2O3. The van der Waals surface area contributed by atoms with Crippen molar-refractivity contribution in [2.45, 2.75) is 32.3 Å². The van der Waals surface area contributed by atoms with Crippen LogP contribution in [0, 0.1) is 0 Å². The Morgan fingerprint density at radius 3 is 2.73 bits per heavy atom. The average molecular weight is 302 g/mol. The molecule has 5 nitrogen and oxygen atoms in total. The number of fused-ring (bicyclic) bond motifs is 1. The number of aromatic nitrogens is 1. The number of rotatable bonds is 6. The molecule has 0 aliphatic heterocycles. The number of aryl methyl sites for hydroxylation is 1. The maximum Gasteiger partial charge on any atom is 0.306 e. The Bertz CT molecular complexity index is 661. The van der Waals surface area contributed by atoms with Gasteiger partial charge in [0.25, 0.3) is 5.91 Å². The van der Waals surface area contributed by atoms with Gasteiger partial charge < -0.3 is 14.6 Å². The van der Waals surface area contributed by atoms with Crippen LogP contribution < -0.4 is 0 Å². The molecule has 1 N–H and O–H groups in total. The van der Waals surface area contributed by atoms with Gasteiger partial charge in [0.2, 0.25) is 0 Å². The number of para-hydroxylation sites is 1. The van der Waals surface area contributed by atoms with Crippen LogP contribution in [0.25, 0.3) is 10.9 Å². The molecule has 1 aromatic carbocycles. The first-order valence-corrected chi connectivity index (χ1v) is 7.44. The minimum Gasteiger partial charge on any atom is -0.453 e. The van der Waals surface area contributed by atoms with Crippen LogP contribution in [-0.2, 0) is 20.7 Å². The smallest absolute Gasteiger partial charge is 0.306 e. The number of benzene rings is 1. The number of carbonyl (C=O) groups is 2. The van der Waals surface area contributed by atoms with Gasteiger partial charge in [-0.25, -0.2) is 0 Å². The number of nitrogens with one attached hydrogen (secondary N) is 1. The number of amides is 1. The first-order chi connectivity index (χ1) is 10.5. The molecule has 2 rings (SSSR count). The number of likely N-dealkylation sites (N-methyl/N-ethyl adjacent to an activating group) is 1. The molecule has 1 heterocycles. The highest BCUT2D eigenvalue weighted by Crippen LogP contribution is 2.19. The van der Waals surface area contributed by atoms with Gasteiger partial charge in [-0.3, -0.25) is 9.59 Å². The average Bonchev–Trinajstić information content (AvgIpc) is 2.89. The van der Waals surface area contributed by atoms with Crippen molar-refractivity contribution in [1.82, 2.24) is 9.88 Å². The third-order valence-corrected chi connectivity index (χ3v) is 3.60. The van der Waals surface area contributed by atoms with Gasteiger partial charge in [-0.2, -0.15) is 0 Å². The third-order valence-electron chi connectivity index (χ3n) is 3.60. The summed E-state index contributed by atoms with van der Waals surface area (Å²) in [6, 6.07) is 8.09. The number of aromatic amines is 1. The van der Waals surface area contributed by atoms with E-state index in [-0.39, 0.29) is 11.9 Å². The lowest BCUT2D eigenvalue weighted by molar-refractivity contribution is -0.158. The molecule has 0 saturated carbocycles. The monoisotopic (exact) mass is 302 g/mol. The molecule has 22 heavy (non-hydrogen) atoms. The van der Waals surface area contributed by atoms with Crippen molar-refractivity contribution in [2.75, 3.05) is 14.1 Å². The van der Waals surface area contributed by atoms with E-state index in [9.17, 15) is 9.59 Å². The molecule has 0 unspecified atom stereocenters. The summed E-state index contributed by atoms with van der Waals surface area (Å²) in [4.78, 5) is 28.0. The van der Waals surface area contributed by atoms with E-state index in [1.54, 1.807) is 21.0 Å². The van der Waals surface area contributed by atoms with Gasteiger partial charge in [0.1, 0.15) is 0 Å². The van der Waals surface area contributed by atoms with Crippen molar-refractivity contribution in [2.24, 2.45) is 0 Å². The SMILES string of the molecule is C[C@@H](OC(=O)CCCc1c[nH]c2ccccc12)C(=O)N(C)C. The second kappa shape index (κ2) is 7.11. The fourth-order valence-electron chi connectivity index (χ4n) is 2.43. The first kappa shape index (κ1) is 16.1. The molecule has 0 saturated heterocycles. The van der Waals surface area contributed by atoms with Crippen molar-refractivity contribution in [1.29, 1.82) is 0 Å². The summed E-state index contributed by atoms with van der Waals surface area (Å²) in [5.41, 5.74) is 2.30. The second-order valence-electron chi connectivity index (χ2n) is 5.58. The Morgan fingerprint density at radius 2 is 2.00 bits per heavy atom. The van der Waals surface area contributed by atoms with Gasteiger partial charge in [0.05, 0.1) is 0 Å². The summed E-state index contributed by atoms with van der Waals surface area (Å²) >= 11 is 0. The standard InChI is InChI=1S/C17H22N2O3/c1-12(17(21)19(2)3)22-16(20)10-6-7-13-11-18-15-9-5-4-8-14(13)15/h4-5,8-9,11-12,18H,6-7,10H2,1-3H3/t12-/m1/s1. The summed E-state index contributed by atoms with van der Waals surface area (Å²) < 4.78 is 5.14. The number of ether oxygens (including phenoxy) is 1. The van der Waals surface area contributed by atoms with Crippen molar-refractivity contribution >= 4 is 22.8 Å². The number of nitrogens with zero attached hydrogens (tertiary/aromatic N) is 1. The zero-order valence-corrected chi connectivity index (χ0v) is 13.3. The lowest BCUT2D eigenvalue weighted by Crippen LogP contribution is -2.34. The lowest BCUT2D eigenvalue weighted by Gasteiger charge is -2.17. The highest BCUT2D eigenvalue weighted by atomic mass is 16.5. The van der Waals surface area contributed by atoms with Crippen molar-refractivity contribution in [3.05, 3.63) is 36.0 Å². The van der Waals surface area contributed by atoms with Crippen LogP contribution >= 0.6 is 0 Å². The van der Waals surface area contributed by atoms with Crippen LogP contribution in [0.5, 0.6) is 0 Å². The molecule has 5 heteroatoms. The first-order valence-electron chi connectivity index (χ1n) is 7.44. The van der Waals surface area contributed by atoms with Crippen LogP contribution in [-0.4, -0.2) is 42.0 Å². The third kappa shape index (κ3) is 3.87. The summed E-state index contributed by atoms with van der Waals surface area (Å²) in [5.74, 6) is -0.535. The molecule has 0 spiro atoms. The lowest BCUT2D eigenvalue weighted by atomic mass is 10.1. The Balaban J connectivity index is 1.81. The summed E-state index contributed by atoms with van der Waals surface area (Å²) in [7, 11) is 3.29. The molecule has 1 atom stereocenters. The maximum absolute atomic E-state index is 11.8. The second-order valence-corrected chi connectivity index (χ2v) is 5.58. The fourth-order valence-corrected chi connectivity index (χ4v) is 2.43. The predicted octanol–water partition coefficient (Wildman–Crippen LogP) is 2.51. The van der Waals surface area contributed by atoms with Gasteiger partial charge >= 0.3 is 5.97 Å². The van der Waals surface area contributed by atoms with Crippen molar-refractivity contribution < 1.29 is 14.3 Å². The van der Waals surface area contributed by atoms with E-state index in [1.165, 1.54) is 15.8 Å². The molecule has 118 valence electrons. The summed E-state index contributed by atoms with van der Waals surface area (Å²) in [6.45, 7) is 1.60. The zero-order valence-electron chi connectivity index (χ0n) is 13.3. The topological polar surface area (TPSA) is 62.4 Å². The molecule has 0 radical (unpaired) electrons. The Morgan fingerprint density at radius 1 is 1.27 bits per heavy atom. The number of hydrogen-bond acceptors (Lipinski definition) is 3. The zero-order chi connectivity index (χ0) is 16.1. The van der Waals surface area contributed by atoms with Crippen LogP contribution in [0.15, 0.2) is 30.5 Å². The van der Waals surface area contributed by atoms with Crippen LogP contribution in [0.1, 0.15) is 25.3 Å². The normalized spacial score (nSPS) is 12.1. The van der Waals surface area contributed by atoms with Gasteiger partial charge in [-0.05, 0) is 31.4 Å². The molecule has 0 aliphatic rings. The van der Waals surface area contributed by atoms with E-state index >= 15 is 0 Å². The van der Waals surface area contributed by atoms with E-state index in [4.69, 9.17) is 4.74 Å². The number of H-pyrrole nitrogens is 1. The van der Waals surface area contributed by atoms with Gasteiger partial charge in [0.15, 0.2) is 6.10 Å². The minimum absolute atomic E-state index is 0.204. The molecule has 2 aromatic rings. The van der Waals surface area contributed by atoms with Gasteiger partial charge in [-0.15, -0.1) is 0 Å². The van der Waals surface area contributed by atoms with Crippen LogP contribution in [0.4, 0.5) is 0 Å². The van der Waals surface area contributed by atoms with E-state index in [0.29, 0.717) is 12.8 Å². The van der Waals surface area contributed by atoms with Gasteiger partial charge in [-0.1, -0.05) is 18.2 Å². The van der Waals surface area contributed by atoms with Crippen LogP contribution in [0.3, 0.4) is 0 Å². The van der Waals surface area contributed by atoms with Crippen molar-refractivity contribution in [3.8, 4) is 0 Å². The van der Waals surface area contributed by atoms with E-state index in [1.807, 2.05) is 24.4 Å². The molecule has 0 aliphatic carbocycles. The Hall–Kier alpha value is -2.30. The largest absolute Gasteiger partial charge is 0.453 e. The number of carbonyl (C=O) groups excluding carboxylic acids is 2.